The van der Waals surface area contributed by atoms with Gasteiger partial charge in [-0.25, -0.2) is 4.79 Å². The van der Waals surface area contributed by atoms with Gasteiger partial charge in [0.25, 0.3) is 5.91 Å². The molecule has 1 unspecified atom stereocenters. The number of piperazine rings is 1. The SMILES string of the molecule is NC(=O)C1=CC(N2CCN(C(=O)OCc3ccccc3)CC2)NO1. The van der Waals surface area contributed by atoms with Crippen LogP contribution in [-0.2, 0) is 21.0 Å². The Kier molecular flexibility index (Phi) is 4.97. The molecule has 24 heavy (non-hydrogen) atoms. The lowest BCUT2D eigenvalue weighted by atomic mass is 10.2. The average Bonchev–Trinajstić information content (AvgIpc) is 3.11. The summed E-state index contributed by atoms with van der Waals surface area (Å²) in [6.45, 7) is 2.65. The highest BCUT2D eigenvalue weighted by Crippen LogP contribution is 2.14. The van der Waals surface area contributed by atoms with Gasteiger partial charge in [0.15, 0.2) is 0 Å². The number of primary amides is 1. The fourth-order valence-corrected chi connectivity index (χ4v) is 2.64. The predicted octanol–water partition coefficient (Wildman–Crippen LogP) is 0.171. The van der Waals surface area contributed by atoms with E-state index in [9.17, 15) is 9.59 Å². The molecule has 1 fully saturated rings. The maximum Gasteiger partial charge on any atom is 0.410 e. The highest BCUT2D eigenvalue weighted by molar-refractivity contribution is 5.90. The second kappa shape index (κ2) is 7.33. The molecule has 1 aromatic rings. The second-order valence-corrected chi connectivity index (χ2v) is 5.62. The van der Waals surface area contributed by atoms with Crippen molar-refractivity contribution in [2.75, 3.05) is 26.2 Å². The molecule has 8 heteroatoms. The molecule has 8 nitrogen and oxygen atoms in total. The minimum Gasteiger partial charge on any atom is -0.445 e. The van der Waals surface area contributed by atoms with Crippen LogP contribution < -0.4 is 11.2 Å². The fourth-order valence-electron chi connectivity index (χ4n) is 2.64. The van der Waals surface area contributed by atoms with Crippen molar-refractivity contribution in [2.45, 2.75) is 12.8 Å². The molecular formula is C16H20N4O4. The van der Waals surface area contributed by atoms with Crippen LogP contribution in [0.4, 0.5) is 4.79 Å². The van der Waals surface area contributed by atoms with Gasteiger partial charge < -0.3 is 20.2 Å². The summed E-state index contributed by atoms with van der Waals surface area (Å²) in [5.41, 5.74) is 8.88. The van der Waals surface area contributed by atoms with Gasteiger partial charge in [0.1, 0.15) is 12.8 Å². The number of hydrogen-bond donors (Lipinski definition) is 2. The summed E-state index contributed by atoms with van der Waals surface area (Å²) in [4.78, 5) is 31.9. The number of nitrogens with zero attached hydrogens (tertiary/aromatic N) is 2. The summed E-state index contributed by atoms with van der Waals surface area (Å²) in [6.07, 6.45) is 1.11. The highest BCUT2D eigenvalue weighted by Gasteiger charge is 2.30. The number of nitrogens with one attached hydrogen (secondary N) is 1. The average molecular weight is 332 g/mol. The maximum atomic E-state index is 12.1. The Balaban J connectivity index is 1.45. The van der Waals surface area contributed by atoms with Gasteiger partial charge in [-0.3, -0.25) is 9.69 Å². The monoisotopic (exact) mass is 332 g/mol. The van der Waals surface area contributed by atoms with Gasteiger partial charge in [0.2, 0.25) is 5.76 Å². The first-order chi connectivity index (χ1) is 11.6. The number of carbonyl (C=O) groups excluding carboxylic acids is 2. The number of nitrogens with two attached hydrogens (primary N) is 1. The van der Waals surface area contributed by atoms with E-state index in [1.807, 2.05) is 30.3 Å². The Hall–Kier alpha value is -2.58. The zero-order valence-electron chi connectivity index (χ0n) is 13.2. The van der Waals surface area contributed by atoms with E-state index in [0.717, 1.165) is 5.56 Å². The summed E-state index contributed by atoms with van der Waals surface area (Å²) in [6, 6.07) is 9.57. The van der Waals surface area contributed by atoms with Gasteiger partial charge in [-0.2, -0.15) is 0 Å². The third-order valence-electron chi connectivity index (χ3n) is 4.01. The summed E-state index contributed by atoms with van der Waals surface area (Å²) in [7, 11) is 0. The summed E-state index contributed by atoms with van der Waals surface area (Å²) in [5.74, 6) is -0.488. The van der Waals surface area contributed by atoms with Crippen LogP contribution in [0.2, 0.25) is 0 Å². The van der Waals surface area contributed by atoms with Crippen LogP contribution in [0.3, 0.4) is 0 Å². The van der Waals surface area contributed by atoms with Gasteiger partial charge in [-0.1, -0.05) is 30.3 Å². The van der Waals surface area contributed by atoms with Crippen LogP contribution >= 0.6 is 0 Å². The lowest BCUT2D eigenvalue weighted by Crippen LogP contribution is -2.54. The van der Waals surface area contributed by atoms with Crippen molar-refractivity contribution in [2.24, 2.45) is 5.73 Å². The van der Waals surface area contributed by atoms with Crippen molar-refractivity contribution in [3.63, 3.8) is 0 Å². The van der Waals surface area contributed by atoms with Crippen molar-refractivity contribution < 1.29 is 19.2 Å². The van der Waals surface area contributed by atoms with Crippen molar-refractivity contribution in [3.05, 3.63) is 47.7 Å². The van der Waals surface area contributed by atoms with Crippen molar-refractivity contribution in [3.8, 4) is 0 Å². The van der Waals surface area contributed by atoms with Crippen molar-refractivity contribution >= 4 is 12.0 Å². The molecule has 0 aliphatic carbocycles. The molecule has 1 aromatic carbocycles. The highest BCUT2D eigenvalue weighted by atomic mass is 16.7. The quantitative estimate of drug-likeness (QED) is 0.816. The normalized spacial score (nSPS) is 21.1. The number of carbonyl (C=O) groups is 2. The number of benzene rings is 1. The Morgan fingerprint density at radius 3 is 2.54 bits per heavy atom. The van der Waals surface area contributed by atoms with Crippen LogP contribution in [0, 0.1) is 0 Å². The summed E-state index contributed by atoms with van der Waals surface area (Å²) in [5, 5.41) is 0. The zero-order chi connectivity index (χ0) is 16.9. The molecule has 0 spiro atoms. The van der Waals surface area contributed by atoms with E-state index in [4.69, 9.17) is 15.3 Å². The third-order valence-corrected chi connectivity index (χ3v) is 4.01. The van der Waals surface area contributed by atoms with Crippen LogP contribution in [-0.4, -0.2) is 54.1 Å². The fraction of sp³-hybridized carbons (Fsp3) is 0.375. The molecule has 1 saturated heterocycles. The van der Waals surface area contributed by atoms with E-state index in [2.05, 4.69) is 10.4 Å². The van der Waals surface area contributed by atoms with E-state index in [1.54, 1.807) is 11.0 Å². The zero-order valence-corrected chi connectivity index (χ0v) is 13.2. The molecule has 1 atom stereocenters. The van der Waals surface area contributed by atoms with Gasteiger partial charge in [0, 0.05) is 32.3 Å². The standard InChI is InChI=1S/C16H20N4O4/c17-15(21)13-10-14(18-24-13)19-6-8-20(9-7-19)16(22)23-11-12-4-2-1-3-5-12/h1-5,10,14,18H,6-9,11H2,(H2,17,21). The van der Waals surface area contributed by atoms with E-state index in [1.165, 1.54) is 0 Å². The van der Waals surface area contributed by atoms with E-state index >= 15 is 0 Å². The molecule has 2 heterocycles. The molecule has 2 amide bonds. The Labute approximate surface area is 139 Å². The molecule has 3 N–H and O–H groups in total. The molecule has 2 aliphatic heterocycles. The van der Waals surface area contributed by atoms with Crippen molar-refractivity contribution in [1.82, 2.24) is 15.3 Å². The minimum absolute atomic E-state index is 0.115. The summed E-state index contributed by atoms with van der Waals surface area (Å²) < 4.78 is 5.33. The summed E-state index contributed by atoms with van der Waals surface area (Å²) >= 11 is 0. The topological polar surface area (TPSA) is 97.1 Å². The van der Waals surface area contributed by atoms with Gasteiger partial charge in [0.05, 0.1) is 0 Å². The van der Waals surface area contributed by atoms with Crippen LogP contribution in [0.15, 0.2) is 42.2 Å². The first-order valence-corrected chi connectivity index (χ1v) is 7.77. The number of ether oxygens (including phenoxy) is 1. The molecule has 0 radical (unpaired) electrons. The Bertz CT molecular complexity index is 626. The molecule has 3 rings (SSSR count). The van der Waals surface area contributed by atoms with Gasteiger partial charge >= 0.3 is 6.09 Å². The molecule has 0 bridgehead atoms. The first-order valence-electron chi connectivity index (χ1n) is 7.77. The van der Waals surface area contributed by atoms with Crippen LogP contribution in [0.5, 0.6) is 0 Å². The maximum absolute atomic E-state index is 12.1. The second-order valence-electron chi connectivity index (χ2n) is 5.62. The van der Waals surface area contributed by atoms with Gasteiger partial charge in [-0.15, -0.1) is 5.48 Å². The largest absolute Gasteiger partial charge is 0.445 e. The number of rotatable bonds is 4. The third kappa shape index (κ3) is 3.84. The smallest absolute Gasteiger partial charge is 0.410 e. The first kappa shape index (κ1) is 16.3. The molecule has 128 valence electrons. The Morgan fingerprint density at radius 1 is 1.21 bits per heavy atom. The van der Waals surface area contributed by atoms with Crippen LogP contribution in [0.25, 0.3) is 0 Å². The number of hydrogen-bond acceptors (Lipinski definition) is 6. The van der Waals surface area contributed by atoms with E-state index < -0.39 is 5.91 Å². The minimum atomic E-state index is -0.604. The molecule has 0 saturated carbocycles. The van der Waals surface area contributed by atoms with Gasteiger partial charge in [-0.05, 0) is 5.56 Å². The molecular weight excluding hydrogens is 312 g/mol. The molecule has 0 aromatic heterocycles. The van der Waals surface area contributed by atoms with Crippen molar-refractivity contribution in [1.29, 1.82) is 0 Å². The predicted molar refractivity (Wildman–Crippen MR) is 85.1 cm³/mol. The lowest BCUT2D eigenvalue weighted by molar-refractivity contribution is -0.118. The molecule has 2 aliphatic rings. The number of amides is 2. The van der Waals surface area contributed by atoms with Crippen LogP contribution in [0.1, 0.15) is 5.56 Å². The lowest BCUT2D eigenvalue weighted by Gasteiger charge is -2.36. The Morgan fingerprint density at radius 2 is 1.92 bits per heavy atom. The number of hydroxylamine groups is 1. The van der Waals surface area contributed by atoms with E-state index in [0.29, 0.717) is 26.2 Å². The van der Waals surface area contributed by atoms with E-state index in [-0.39, 0.29) is 24.6 Å².